The van der Waals surface area contributed by atoms with Crippen LogP contribution in [0.3, 0.4) is 0 Å². The summed E-state index contributed by atoms with van der Waals surface area (Å²) in [5, 5.41) is 2.19. The summed E-state index contributed by atoms with van der Waals surface area (Å²) in [6.45, 7) is 0.662. The number of hydrogen-bond acceptors (Lipinski definition) is 3. The molecular formula is C12H12F2N2O2. The number of rotatable bonds is 3. The molecule has 0 atom stereocenters. The average Bonchev–Trinajstić information content (AvgIpc) is 2.23. The molecule has 0 saturated carbocycles. The molecule has 96 valence electrons. The zero-order valence-electron chi connectivity index (χ0n) is 9.58. The molecule has 18 heavy (non-hydrogen) atoms. The number of piperazine rings is 1. The summed E-state index contributed by atoms with van der Waals surface area (Å²) >= 11 is 0. The van der Waals surface area contributed by atoms with Crippen LogP contribution in [0.1, 0.15) is 5.56 Å². The van der Waals surface area contributed by atoms with Crippen LogP contribution in [0.2, 0.25) is 0 Å². The molecule has 0 spiro atoms. The monoisotopic (exact) mass is 254 g/mol. The first kappa shape index (κ1) is 12.6. The number of benzene rings is 1. The van der Waals surface area contributed by atoms with Crippen LogP contribution >= 0.6 is 0 Å². The summed E-state index contributed by atoms with van der Waals surface area (Å²) in [4.78, 5) is 23.9. The van der Waals surface area contributed by atoms with Crippen LogP contribution in [0.25, 0.3) is 0 Å². The van der Waals surface area contributed by atoms with E-state index in [-0.39, 0.29) is 24.9 Å². The molecule has 0 radical (unpaired) electrons. The predicted octanol–water partition coefficient (Wildman–Crippen LogP) is 0.466. The summed E-state index contributed by atoms with van der Waals surface area (Å²) in [6, 6.07) is 3.30. The van der Waals surface area contributed by atoms with Crippen LogP contribution in [0.5, 0.6) is 0 Å². The molecule has 1 fully saturated rings. The number of imide groups is 1. The Kier molecular flexibility index (Phi) is 3.66. The van der Waals surface area contributed by atoms with Gasteiger partial charge in [-0.3, -0.25) is 19.8 Å². The maximum absolute atomic E-state index is 12.9. The van der Waals surface area contributed by atoms with E-state index in [0.29, 0.717) is 18.5 Å². The molecule has 0 unspecified atom stereocenters. The Labute approximate surface area is 103 Å². The Morgan fingerprint density at radius 2 is 1.61 bits per heavy atom. The highest BCUT2D eigenvalue weighted by atomic mass is 19.1. The molecule has 0 aromatic heterocycles. The zero-order chi connectivity index (χ0) is 13.1. The predicted molar refractivity (Wildman–Crippen MR) is 59.7 cm³/mol. The quantitative estimate of drug-likeness (QED) is 0.797. The molecule has 2 rings (SSSR count). The fourth-order valence-corrected chi connectivity index (χ4v) is 1.90. The number of halogens is 2. The Bertz CT molecular complexity index is 455. The number of carbonyl (C=O) groups is 2. The van der Waals surface area contributed by atoms with Crippen molar-refractivity contribution in [2.24, 2.45) is 0 Å². The molecule has 1 aliphatic heterocycles. The third kappa shape index (κ3) is 3.33. The van der Waals surface area contributed by atoms with Crippen molar-refractivity contribution in [3.63, 3.8) is 0 Å². The molecule has 1 aromatic rings. The largest absolute Gasteiger partial charge is 0.294 e. The first-order valence-corrected chi connectivity index (χ1v) is 5.53. The summed E-state index contributed by atoms with van der Waals surface area (Å²) in [5.41, 5.74) is 0.505. The second-order valence-electron chi connectivity index (χ2n) is 4.21. The Morgan fingerprint density at radius 1 is 1.06 bits per heavy atom. The summed E-state index contributed by atoms with van der Waals surface area (Å²) in [5.74, 6) is -1.96. The van der Waals surface area contributed by atoms with E-state index in [2.05, 4.69) is 5.32 Å². The molecule has 1 aromatic carbocycles. The number of nitrogens with zero attached hydrogens (tertiary/aromatic N) is 1. The lowest BCUT2D eigenvalue weighted by atomic mass is 10.1. The maximum Gasteiger partial charge on any atom is 0.240 e. The van der Waals surface area contributed by atoms with Crippen LogP contribution in [0, 0.1) is 11.6 Å². The first-order valence-electron chi connectivity index (χ1n) is 5.53. The van der Waals surface area contributed by atoms with E-state index in [1.54, 1.807) is 4.90 Å². The zero-order valence-corrected chi connectivity index (χ0v) is 9.58. The second-order valence-corrected chi connectivity index (χ2v) is 4.21. The Hall–Kier alpha value is -1.82. The van der Waals surface area contributed by atoms with Crippen molar-refractivity contribution in [2.75, 3.05) is 19.6 Å². The van der Waals surface area contributed by atoms with Crippen molar-refractivity contribution in [2.45, 2.75) is 6.42 Å². The van der Waals surface area contributed by atoms with Crippen molar-refractivity contribution >= 4 is 11.8 Å². The van der Waals surface area contributed by atoms with E-state index < -0.39 is 11.6 Å². The van der Waals surface area contributed by atoms with Gasteiger partial charge in [0.15, 0.2) is 0 Å². The van der Waals surface area contributed by atoms with Gasteiger partial charge in [0.2, 0.25) is 11.8 Å². The maximum atomic E-state index is 12.9. The molecule has 4 nitrogen and oxygen atoms in total. The molecule has 1 N–H and O–H groups in total. The van der Waals surface area contributed by atoms with E-state index >= 15 is 0 Å². The van der Waals surface area contributed by atoms with Gasteiger partial charge < -0.3 is 0 Å². The van der Waals surface area contributed by atoms with Gasteiger partial charge in [-0.25, -0.2) is 8.78 Å². The minimum atomic E-state index is -0.627. The van der Waals surface area contributed by atoms with Gasteiger partial charge in [-0.1, -0.05) is 0 Å². The van der Waals surface area contributed by atoms with E-state index in [0.717, 1.165) is 6.07 Å². The minimum absolute atomic E-state index is 0.129. The highest BCUT2D eigenvalue weighted by Gasteiger charge is 2.21. The lowest BCUT2D eigenvalue weighted by molar-refractivity contribution is -0.135. The van der Waals surface area contributed by atoms with Gasteiger partial charge in [0.05, 0.1) is 13.1 Å². The molecule has 1 saturated heterocycles. The van der Waals surface area contributed by atoms with E-state index in [9.17, 15) is 18.4 Å². The molecule has 1 heterocycles. The van der Waals surface area contributed by atoms with Crippen LogP contribution < -0.4 is 5.32 Å². The molecule has 0 aliphatic carbocycles. The van der Waals surface area contributed by atoms with Crippen molar-refractivity contribution in [3.05, 3.63) is 35.4 Å². The van der Waals surface area contributed by atoms with E-state index in [1.165, 1.54) is 12.1 Å². The van der Waals surface area contributed by atoms with Crippen LogP contribution in [-0.4, -0.2) is 36.3 Å². The topological polar surface area (TPSA) is 49.4 Å². The Morgan fingerprint density at radius 3 is 2.17 bits per heavy atom. The fraction of sp³-hybridized carbons (Fsp3) is 0.333. The van der Waals surface area contributed by atoms with Crippen molar-refractivity contribution in [3.8, 4) is 0 Å². The third-order valence-electron chi connectivity index (χ3n) is 2.65. The van der Waals surface area contributed by atoms with Gasteiger partial charge >= 0.3 is 0 Å². The highest BCUT2D eigenvalue weighted by molar-refractivity contribution is 5.99. The van der Waals surface area contributed by atoms with Gasteiger partial charge in [-0.2, -0.15) is 0 Å². The molecule has 2 amide bonds. The molecular weight excluding hydrogens is 242 g/mol. The fourth-order valence-electron chi connectivity index (χ4n) is 1.90. The molecule has 6 heteroatoms. The normalized spacial score (nSPS) is 16.8. The van der Waals surface area contributed by atoms with Gasteiger partial charge in [0, 0.05) is 12.6 Å². The van der Waals surface area contributed by atoms with Gasteiger partial charge in [0.25, 0.3) is 0 Å². The first-order chi connectivity index (χ1) is 8.52. The number of carbonyl (C=O) groups excluding carboxylic acids is 2. The summed E-state index contributed by atoms with van der Waals surface area (Å²) in [7, 11) is 0. The lowest BCUT2D eigenvalue weighted by Gasteiger charge is -2.25. The average molecular weight is 254 g/mol. The van der Waals surface area contributed by atoms with Crippen molar-refractivity contribution < 1.29 is 18.4 Å². The standard InChI is InChI=1S/C12H12F2N2O2/c13-9-3-8(4-10(14)5-9)1-2-16-6-11(17)15-12(18)7-16/h3-5H,1-2,6-7H2,(H,15,17,18). The lowest BCUT2D eigenvalue weighted by Crippen LogP contribution is -2.51. The minimum Gasteiger partial charge on any atom is -0.294 e. The van der Waals surface area contributed by atoms with E-state index in [1.807, 2.05) is 0 Å². The van der Waals surface area contributed by atoms with E-state index in [4.69, 9.17) is 0 Å². The molecule has 0 bridgehead atoms. The Balaban J connectivity index is 1.94. The van der Waals surface area contributed by atoms with Crippen LogP contribution in [-0.2, 0) is 16.0 Å². The van der Waals surface area contributed by atoms with Crippen molar-refractivity contribution in [1.29, 1.82) is 0 Å². The van der Waals surface area contributed by atoms with Crippen molar-refractivity contribution in [1.82, 2.24) is 10.2 Å². The van der Waals surface area contributed by atoms with Gasteiger partial charge in [-0.05, 0) is 24.1 Å². The SMILES string of the molecule is O=C1CN(CCc2cc(F)cc(F)c2)CC(=O)N1. The third-order valence-corrected chi connectivity index (χ3v) is 2.65. The number of nitrogens with one attached hydrogen (secondary N) is 1. The summed E-state index contributed by atoms with van der Waals surface area (Å²) in [6.07, 6.45) is 0.384. The summed E-state index contributed by atoms with van der Waals surface area (Å²) < 4.78 is 25.9. The molecule has 1 aliphatic rings. The van der Waals surface area contributed by atoms with Gasteiger partial charge in [0.1, 0.15) is 11.6 Å². The number of amides is 2. The number of hydrogen-bond donors (Lipinski definition) is 1. The van der Waals surface area contributed by atoms with Gasteiger partial charge in [-0.15, -0.1) is 0 Å². The smallest absolute Gasteiger partial charge is 0.240 e. The van der Waals surface area contributed by atoms with Crippen LogP contribution in [0.4, 0.5) is 8.78 Å². The van der Waals surface area contributed by atoms with Crippen LogP contribution in [0.15, 0.2) is 18.2 Å². The second kappa shape index (κ2) is 5.22. The highest BCUT2D eigenvalue weighted by Crippen LogP contribution is 2.09.